The smallest absolute Gasteiger partial charge is 0.756 e. The standard InChI is InChI=1S/C43H79O13P.Na/c1-3-5-7-9-11-13-15-17-18-20-22-24-26-28-30-32-37(45)55-35(34-54-57(51,52)56-43-41(49)39(47)38(46)40(48)42(43)50)33-53-36(44)31-29-27-25-23-21-19-16-14-12-10-8-6-4-2;/h11,13,17-18,35,38-43,46-50H,3-10,12,14-16,19-34H2,1-2H3,(H,51,52);/q;+1/p-1/b13-11-,18-17-;/t35-,38?,39-,40?,41?,42?,43?;/m1./s1. The van der Waals surface area contributed by atoms with Crippen molar-refractivity contribution in [1.82, 2.24) is 0 Å². The molecular formula is C43H78NaO13P. The zero-order chi connectivity index (χ0) is 42.2. The minimum absolute atomic E-state index is 0. The van der Waals surface area contributed by atoms with E-state index in [1.54, 1.807) is 0 Å². The number of hydrogen-bond acceptors (Lipinski definition) is 13. The maximum Gasteiger partial charge on any atom is 1.00 e. The van der Waals surface area contributed by atoms with Crippen LogP contribution in [0.25, 0.3) is 0 Å². The molecule has 1 aliphatic carbocycles. The van der Waals surface area contributed by atoms with Gasteiger partial charge in [-0.1, -0.05) is 147 Å². The fourth-order valence-corrected chi connectivity index (χ4v) is 7.62. The molecule has 1 aliphatic rings. The van der Waals surface area contributed by atoms with Crippen LogP contribution >= 0.6 is 7.82 Å². The van der Waals surface area contributed by atoms with E-state index in [9.17, 15) is 44.6 Å². The molecule has 0 spiro atoms. The molecule has 15 heteroatoms. The van der Waals surface area contributed by atoms with Crippen molar-refractivity contribution in [3.05, 3.63) is 24.3 Å². The number of carbonyl (C=O) groups excluding carboxylic acids is 2. The van der Waals surface area contributed by atoms with Crippen molar-refractivity contribution in [2.24, 2.45) is 0 Å². The summed E-state index contributed by atoms with van der Waals surface area (Å²) in [5.41, 5.74) is 0. The number of hydrogen-bond donors (Lipinski definition) is 5. The molecule has 5 N–H and O–H groups in total. The predicted octanol–water partition coefficient (Wildman–Crippen LogP) is 4.43. The van der Waals surface area contributed by atoms with Gasteiger partial charge in [-0.05, 0) is 44.9 Å². The molecule has 1 saturated carbocycles. The van der Waals surface area contributed by atoms with E-state index in [-0.39, 0.29) is 42.4 Å². The maximum absolute atomic E-state index is 12.7. The van der Waals surface area contributed by atoms with Crippen LogP contribution < -0.4 is 34.5 Å². The Morgan fingerprint density at radius 2 is 0.966 bits per heavy atom. The average molecular weight is 857 g/mol. The predicted molar refractivity (Wildman–Crippen MR) is 219 cm³/mol. The third-order valence-corrected chi connectivity index (χ3v) is 11.3. The normalized spacial score (nSPS) is 22.5. The Hall–Kier alpha value is -0.670. The van der Waals surface area contributed by atoms with E-state index in [1.807, 2.05) is 0 Å². The van der Waals surface area contributed by atoms with Crippen molar-refractivity contribution >= 4 is 19.8 Å². The van der Waals surface area contributed by atoms with Crippen molar-refractivity contribution in [3.8, 4) is 0 Å². The number of aliphatic hydroxyl groups is 5. The summed E-state index contributed by atoms with van der Waals surface area (Å²) in [5, 5.41) is 49.9. The topological polar surface area (TPSA) is 212 Å². The Balaban J connectivity index is 0.0000325. The van der Waals surface area contributed by atoms with E-state index in [4.69, 9.17) is 18.5 Å². The first kappa shape index (κ1) is 57.3. The monoisotopic (exact) mass is 857 g/mol. The Morgan fingerprint density at radius 3 is 1.47 bits per heavy atom. The van der Waals surface area contributed by atoms with Crippen LogP contribution in [-0.4, -0.2) is 93.4 Å². The van der Waals surface area contributed by atoms with Crippen molar-refractivity contribution in [3.63, 3.8) is 0 Å². The molecule has 0 heterocycles. The molecule has 0 saturated heterocycles. The summed E-state index contributed by atoms with van der Waals surface area (Å²) in [4.78, 5) is 37.9. The zero-order valence-corrected chi connectivity index (χ0v) is 39.0. The molecule has 0 aromatic carbocycles. The van der Waals surface area contributed by atoms with Gasteiger partial charge < -0.3 is 48.9 Å². The van der Waals surface area contributed by atoms with Crippen LogP contribution in [0.2, 0.25) is 0 Å². The van der Waals surface area contributed by atoms with Crippen LogP contribution in [0.5, 0.6) is 0 Å². The Labute approximate surface area is 371 Å². The number of esters is 2. The van der Waals surface area contributed by atoms with Gasteiger partial charge in [-0.25, -0.2) is 0 Å². The molecule has 0 amide bonds. The first-order chi connectivity index (χ1) is 27.4. The van der Waals surface area contributed by atoms with Crippen molar-refractivity contribution in [2.45, 2.75) is 224 Å². The quantitative estimate of drug-likeness (QED) is 0.0194. The minimum atomic E-state index is -5.36. The fraction of sp³-hybridized carbons (Fsp3) is 0.860. The third kappa shape index (κ3) is 28.8. The van der Waals surface area contributed by atoms with Gasteiger partial charge in [0, 0.05) is 12.8 Å². The average Bonchev–Trinajstić information content (AvgIpc) is 3.19. The second-order valence-corrected chi connectivity index (χ2v) is 16.9. The van der Waals surface area contributed by atoms with Gasteiger partial charge in [-0.15, -0.1) is 0 Å². The third-order valence-electron chi connectivity index (χ3n) is 10.3. The molecule has 1 rings (SSSR count). The molecule has 6 unspecified atom stereocenters. The number of phosphoric ester groups is 1. The summed E-state index contributed by atoms with van der Waals surface area (Å²) in [5.74, 6) is -1.15. The fourth-order valence-electron chi connectivity index (χ4n) is 6.66. The van der Waals surface area contributed by atoms with Crippen molar-refractivity contribution in [2.75, 3.05) is 13.2 Å². The summed E-state index contributed by atoms with van der Waals surface area (Å²) < 4.78 is 33.1. The molecular weight excluding hydrogens is 778 g/mol. The number of ether oxygens (including phenoxy) is 2. The molecule has 58 heavy (non-hydrogen) atoms. The molecule has 334 valence electrons. The number of allylic oxidation sites excluding steroid dienone is 4. The summed E-state index contributed by atoms with van der Waals surface area (Å²) >= 11 is 0. The second-order valence-electron chi connectivity index (χ2n) is 15.5. The number of carbonyl (C=O) groups is 2. The van der Waals surface area contributed by atoms with Crippen molar-refractivity contribution < 1.29 is 92.7 Å². The van der Waals surface area contributed by atoms with Gasteiger partial charge in [0.05, 0.1) is 6.61 Å². The van der Waals surface area contributed by atoms with Gasteiger partial charge in [-0.3, -0.25) is 14.2 Å². The molecule has 8 atom stereocenters. The Bertz CT molecular complexity index is 1110. The molecule has 0 bridgehead atoms. The number of unbranched alkanes of at least 4 members (excludes halogenated alkanes) is 20. The summed E-state index contributed by atoms with van der Waals surface area (Å²) in [7, 11) is -5.36. The maximum atomic E-state index is 12.7. The summed E-state index contributed by atoms with van der Waals surface area (Å²) in [6.45, 7) is 3.16. The van der Waals surface area contributed by atoms with E-state index in [0.717, 1.165) is 64.2 Å². The largest absolute Gasteiger partial charge is 1.00 e. The number of phosphoric acid groups is 1. The van der Waals surface area contributed by atoms with E-state index in [2.05, 4.69) is 38.2 Å². The van der Waals surface area contributed by atoms with Gasteiger partial charge in [0.25, 0.3) is 7.82 Å². The molecule has 13 nitrogen and oxygen atoms in total. The second kappa shape index (κ2) is 36.9. The minimum Gasteiger partial charge on any atom is -0.756 e. The van der Waals surface area contributed by atoms with Crippen LogP contribution in [0, 0.1) is 0 Å². The van der Waals surface area contributed by atoms with E-state index in [0.29, 0.717) is 12.8 Å². The van der Waals surface area contributed by atoms with Gasteiger partial charge >= 0.3 is 41.5 Å². The van der Waals surface area contributed by atoms with Crippen LogP contribution in [0.1, 0.15) is 181 Å². The van der Waals surface area contributed by atoms with Crippen LogP contribution in [-0.2, 0) is 32.7 Å². The van der Waals surface area contributed by atoms with Crippen LogP contribution in [0.3, 0.4) is 0 Å². The van der Waals surface area contributed by atoms with E-state index < -0.39 is 75.7 Å². The first-order valence-corrected chi connectivity index (χ1v) is 23.6. The summed E-state index contributed by atoms with van der Waals surface area (Å²) in [6, 6.07) is 0. The first-order valence-electron chi connectivity index (χ1n) is 22.1. The molecule has 1 fully saturated rings. The van der Waals surface area contributed by atoms with Gasteiger partial charge in [0.1, 0.15) is 43.2 Å². The zero-order valence-electron chi connectivity index (χ0n) is 36.1. The summed E-state index contributed by atoms with van der Waals surface area (Å²) in [6.07, 6.45) is 21.9. The molecule has 0 aromatic rings. The molecule has 0 aliphatic heterocycles. The molecule has 0 radical (unpaired) electrons. The van der Waals surface area contributed by atoms with E-state index >= 15 is 0 Å². The number of rotatable bonds is 36. The number of aliphatic hydroxyl groups excluding tert-OH is 5. The Morgan fingerprint density at radius 1 is 0.569 bits per heavy atom. The van der Waals surface area contributed by atoms with Gasteiger partial charge in [-0.2, -0.15) is 0 Å². The Kier molecular flexibility index (Phi) is 36.5. The van der Waals surface area contributed by atoms with Gasteiger partial charge in [0.2, 0.25) is 0 Å². The van der Waals surface area contributed by atoms with E-state index in [1.165, 1.54) is 77.0 Å². The van der Waals surface area contributed by atoms with Gasteiger partial charge in [0.15, 0.2) is 6.10 Å². The van der Waals surface area contributed by atoms with Crippen LogP contribution in [0.15, 0.2) is 24.3 Å². The van der Waals surface area contributed by atoms with Crippen LogP contribution in [0.4, 0.5) is 0 Å². The SMILES string of the molecule is CCCCC/C=C\C/C=C\CCCCCCCC(=O)O[C@H](COC(=O)CCCCCCCCCCCCCCC)COP(=O)([O-])OC1C(O)C(O)C(O)[C@@H](O)C1O.[Na+]. The molecule has 0 aromatic heterocycles. The van der Waals surface area contributed by atoms with Crippen molar-refractivity contribution in [1.29, 1.82) is 0 Å².